The van der Waals surface area contributed by atoms with Crippen molar-refractivity contribution < 1.29 is 14.6 Å². The van der Waals surface area contributed by atoms with E-state index in [0.29, 0.717) is 29.2 Å². The highest BCUT2D eigenvalue weighted by Crippen LogP contribution is 2.33. The van der Waals surface area contributed by atoms with Crippen LogP contribution in [0.3, 0.4) is 0 Å². The van der Waals surface area contributed by atoms with Crippen molar-refractivity contribution in [3.05, 3.63) is 22.7 Å². The molecule has 7 heteroatoms. The number of rotatable bonds is 7. The van der Waals surface area contributed by atoms with Gasteiger partial charge in [0.25, 0.3) is 0 Å². The van der Waals surface area contributed by atoms with E-state index in [-0.39, 0.29) is 11.7 Å². The fourth-order valence-electron chi connectivity index (χ4n) is 4.73. The number of carbonyl (C=O) groups is 1. The summed E-state index contributed by atoms with van der Waals surface area (Å²) in [5.74, 6) is 1.33. The van der Waals surface area contributed by atoms with Gasteiger partial charge in [-0.25, -0.2) is 0 Å². The molecule has 0 aromatic heterocycles. The summed E-state index contributed by atoms with van der Waals surface area (Å²) in [6.07, 6.45) is 6.04. The molecular weight excluding hydrogens is 402 g/mol. The van der Waals surface area contributed by atoms with Crippen molar-refractivity contribution in [1.29, 1.82) is 0 Å². The van der Waals surface area contributed by atoms with Crippen LogP contribution in [0.25, 0.3) is 0 Å². The lowest BCUT2D eigenvalue weighted by Gasteiger charge is -2.36. The average molecular weight is 438 g/mol. The van der Waals surface area contributed by atoms with Gasteiger partial charge in [-0.1, -0.05) is 11.6 Å². The SMILES string of the molecule is COc1cc(CN2CCC[C@@H](CCC(=O)N(C)C3CCN(C)CC3)C2)c(Cl)cc1O. The van der Waals surface area contributed by atoms with E-state index in [1.807, 2.05) is 18.0 Å². The molecule has 2 saturated heterocycles. The number of aromatic hydroxyl groups is 1. The third-order valence-electron chi connectivity index (χ3n) is 6.74. The van der Waals surface area contributed by atoms with Gasteiger partial charge in [-0.15, -0.1) is 0 Å². The molecular formula is C23H36ClN3O3. The summed E-state index contributed by atoms with van der Waals surface area (Å²) in [5, 5.41) is 10.4. The monoisotopic (exact) mass is 437 g/mol. The van der Waals surface area contributed by atoms with Gasteiger partial charge in [0.05, 0.1) is 7.11 Å². The van der Waals surface area contributed by atoms with E-state index >= 15 is 0 Å². The standard InChI is InChI=1S/C23H36ClN3O3/c1-25-11-8-19(9-12-25)26(2)23(29)7-6-17-5-4-10-27(15-17)16-18-13-22(30-3)21(28)14-20(18)24/h13-14,17,19,28H,4-12,15-16H2,1-3H3/t17-/m0/s1. The Labute approximate surface area is 185 Å². The van der Waals surface area contributed by atoms with Gasteiger partial charge in [0.15, 0.2) is 11.5 Å². The first-order valence-electron chi connectivity index (χ1n) is 11.1. The van der Waals surface area contributed by atoms with Crippen LogP contribution in [0.4, 0.5) is 0 Å². The number of methoxy groups -OCH3 is 1. The highest BCUT2D eigenvalue weighted by atomic mass is 35.5. The highest BCUT2D eigenvalue weighted by molar-refractivity contribution is 6.31. The van der Waals surface area contributed by atoms with Crippen molar-refractivity contribution in [2.24, 2.45) is 5.92 Å². The maximum Gasteiger partial charge on any atom is 0.222 e. The first-order chi connectivity index (χ1) is 14.4. The maximum atomic E-state index is 12.7. The normalized spacial score (nSPS) is 21.5. The summed E-state index contributed by atoms with van der Waals surface area (Å²) in [7, 11) is 5.67. The topological polar surface area (TPSA) is 56.2 Å². The lowest BCUT2D eigenvalue weighted by atomic mass is 9.92. The van der Waals surface area contributed by atoms with Crippen LogP contribution in [0, 0.1) is 5.92 Å². The number of nitrogens with zero attached hydrogens (tertiary/aromatic N) is 3. The van der Waals surface area contributed by atoms with Gasteiger partial charge in [-0.05, 0) is 76.3 Å². The van der Waals surface area contributed by atoms with Gasteiger partial charge in [-0.2, -0.15) is 0 Å². The molecule has 1 aromatic carbocycles. The molecule has 6 nitrogen and oxygen atoms in total. The Morgan fingerprint density at radius 1 is 1.27 bits per heavy atom. The molecule has 1 amide bonds. The zero-order valence-corrected chi connectivity index (χ0v) is 19.3. The summed E-state index contributed by atoms with van der Waals surface area (Å²) in [6.45, 7) is 4.88. The lowest BCUT2D eigenvalue weighted by molar-refractivity contribution is -0.133. The molecule has 2 fully saturated rings. The van der Waals surface area contributed by atoms with Gasteiger partial charge in [0, 0.05) is 43.7 Å². The molecule has 0 aliphatic carbocycles. The minimum Gasteiger partial charge on any atom is -0.504 e. The van der Waals surface area contributed by atoms with E-state index in [9.17, 15) is 9.90 Å². The van der Waals surface area contributed by atoms with Crippen LogP contribution in [-0.2, 0) is 11.3 Å². The number of likely N-dealkylation sites (tertiary alicyclic amines) is 2. The Hall–Kier alpha value is -1.50. The number of hydrogen-bond donors (Lipinski definition) is 1. The van der Waals surface area contributed by atoms with Crippen LogP contribution in [-0.4, -0.2) is 79.1 Å². The number of halogens is 1. The molecule has 0 radical (unpaired) electrons. The molecule has 2 aliphatic heterocycles. The van der Waals surface area contributed by atoms with Crippen molar-refractivity contribution in [3.8, 4) is 11.5 Å². The maximum absolute atomic E-state index is 12.7. The Balaban J connectivity index is 1.48. The molecule has 1 N–H and O–H groups in total. The number of hydrogen-bond acceptors (Lipinski definition) is 5. The molecule has 1 aromatic rings. The first-order valence-corrected chi connectivity index (χ1v) is 11.5. The Morgan fingerprint density at radius 3 is 2.70 bits per heavy atom. The van der Waals surface area contributed by atoms with E-state index in [0.717, 1.165) is 64.0 Å². The second kappa shape index (κ2) is 10.7. The first kappa shape index (κ1) is 23.2. The predicted molar refractivity (Wildman–Crippen MR) is 120 cm³/mol. The zero-order valence-electron chi connectivity index (χ0n) is 18.6. The highest BCUT2D eigenvalue weighted by Gasteiger charge is 2.26. The Bertz CT molecular complexity index is 722. The number of amides is 1. The quantitative estimate of drug-likeness (QED) is 0.706. The fraction of sp³-hybridized carbons (Fsp3) is 0.696. The number of carbonyl (C=O) groups excluding carboxylic acids is 1. The van der Waals surface area contributed by atoms with Crippen LogP contribution >= 0.6 is 11.6 Å². The number of phenols is 1. The summed E-state index contributed by atoms with van der Waals surface area (Å²) < 4.78 is 5.22. The van der Waals surface area contributed by atoms with E-state index < -0.39 is 0 Å². The molecule has 1 atom stereocenters. The Kier molecular flexibility index (Phi) is 8.26. The van der Waals surface area contributed by atoms with Gasteiger partial charge in [-0.3, -0.25) is 9.69 Å². The van der Waals surface area contributed by atoms with Gasteiger partial charge < -0.3 is 19.6 Å². The average Bonchev–Trinajstić information content (AvgIpc) is 2.74. The van der Waals surface area contributed by atoms with E-state index in [1.165, 1.54) is 6.42 Å². The lowest BCUT2D eigenvalue weighted by Crippen LogP contribution is -2.44. The van der Waals surface area contributed by atoms with Crippen LogP contribution < -0.4 is 4.74 Å². The van der Waals surface area contributed by atoms with E-state index in [1.54, 1.807) is 13.2 Å². The number of ether oxygens (including phenoxy) is 1. The van der Waals surface area contributed by atoms with Gasteiger partial charge in [0.1, 0.15) is 0 Å². The largest absolute Gasteiger partial charge is 0.504 e. The van der Waals surface area contributed by atoms with Gasteiger partial charge in [0.2, 0.25) is 5.91 Å². The number of piperidine rings is 2. The third-order valence-corrected chi connectivity index (χ3v) is 7.09. The molecule has 2 aliphatic rings. The zero-order chi connectivity index (χ0) is 21.7. The Morgan fingerprint density at radius 2 is 2.00 bits per heavy atom. The van der Waals surface area contributed by atoms with E-state index in [4.69, 9.17) is 16.3 Å². The predicted octanol–water partition coefficient (Wildman–Crippen LogP) is 3.60. The van der Waals surface area contributed by atoms with Crippen molar-refractivity contribution in [2.75, 3.05) is 47.4 Å². The minimum absolute atomic E-state index is 0.0648. The molecule has 2 heterocycles. The van der Waals surface area contributed by atoms with Crippen molar-refractivity contribution in [2.45, 2.75) is 51.1 Å². The number of benzene rings is 1. The summed E-state index contributed by atoms with van der Waals surface area (Å²) in [5.41, 5.74) is 0.963. The van der Waals surface area contributed by atoms with Crippen molar-refractivity contribution >= 4 is 17.5 Å². The smallest absolute Gasteiger partial charge is 0.222 e. The minimum atomic E-state index is 0.0648. The van der Waals surface area contributed by atoms with E-state index in [2.05, 4.69) is 16.8 Å². The van der Waals surface area contributed by atoms with Crippen LogP contribution in [0.5, 0.6) is 11.5 Å². The second-order valence-corrected chi connectivity index (χ2v) is 9.34. The summed E-state index contributed by atoms with van der Waals surface area (Å²) in [6, 6.07) is 3.76. The van der Waals surface area contributed by atoms with Crippen LogP contribution in [0.2, 0.25) is 5.02 Å². The fourth-order valence-corrected chi connectivity index (χ4v) is 4.95. The van der Waals surface area contributed by atoms with Gasteiger partial charge >= 0.3 is 0 Å². The molecule has 0 bridgehead atoms. The van der Waals surface area contributed by atoms with Crippen molar-refractivity contribution in [1.82, 2.24) is 14.7 Å². The molecule has 0 unspecified atom stereocenters. The second-order valence-electron chi connectivity index (χ2n) is 8.94. The number of phenolic OH excluding ortho intramolecular Hbond substituents is 1. The van der Waals surface area contributed by atoms with Crippen LogP contribution in [0.15, 0.2) is 12.1 Å². The molecule has 0 saturated carbocycles. The molecule has 3 rings (SSSR count). The summed E-state index contributed by atoms with van der Waals surface area (Å²) >= 11 is 6.34. The van der Waals surface area contributed by atoms with Crippen molar-refractivity contribution in [3.63, 3.8) is 0 Å². The molecule has 30 heavy (non-hydrogen) atoms. The van der Waals surface area contributed by atoms with Crippen LogP contribution in [0.1, 0.15) is 44.1 Å². The summed E-state index contributed by atoms with van der Waals surface area (Å²) in [4.78, 5) is 19.5. The molecule has 0 spiro atoms. The third kappa shape index (κ3) is 6.02. The molecule has 168 valence electrons.